The third-order valence-corrected chi connectivity index (χ3v) is 6.79. The number of rotatable bonds is 13. The van der Waals surface area contributed by atoms with Crippen molar-refractivity contribution >= 4 is 27.8 Å². The molecule has 10 heteroatoms. The smallest absolute Gasteiger partial charge is 0.264 e. The molecule has 0 aliphatic rings. The SMILES string of the molecule is C=CCOc1ccc(/C=N\NC(=O)CN(c2ccccc2)S(=O)(=O)c2ccc(OC)cc2)cc1OCC. The number of hydrogen-bond acceptors (Lipinski definition) is 7. The number of nitrogens with one attached hydrogen (secondary N) is 1. The zero-order valence-electron chi connectivity index (χ0n) is 20.7. The fourth-order valence-electron chi connectivity index (χ4n) is 3.27. The summed E-state index contributed by atoms with van der Waals surface area (Å²) in [7, 11) is -2.55. The number of para-hydroxylation sites is 1. The maximum atomic E-state index is 13.4. The Morgan fingerprint density at radius 3 is 2.41 bits per heavy atom. The van der Waals surface area contributed by atoms with Gasteiger partial charge in [0.15, 0.2) is 11.5 Å². The summed E-state index contributed by atoms with van der Waals surface area (Å²) >= 11 is 0. The molecule has 3 rings (SSSR count). The molecule has 1 N–H and O–H groups in total. The van der Waals surface area contributed by atoms with Crippen LogP contribution in [-0.2, 0) is 14.8 Å². The first-order valence-electron chi connectivity index (χ1n) is 11.4. The molecular weight excluding hydrogens is 494 g/mol. The van der Waals surface area contributed by atoms with Crippen molar-refractivity contribution in [3.05, 3.63) is 91.0 Å². The van der Waals surface area contributed by atoms with Crippen molar-refractivity contribution in [3.8, 4) is 17.2 Å². The Morgan fingerprint density at radius 2 is 1.76 bits per heavy atom. The second kappa shape index (κ2) is 13.1. The number of ether oxygens (including phenoxy) is 3. The number of hydrazone groups is 1. The van der Waals surface area contributed by atoms with Gasteiger partial charge in [0.05, 0.1) is 30.5 Å². The second-order valence-corrected chi connectivity index (χ2v) is 9.42. The number of hydrogen-bond donors (Lipinski definition) is 1. The van der Waals surface area contributed by atoms with E-state index in [0.29, 0.717) is 41.7 Å². The largest absolute Gasteiger partial charge is 0.497 e. The molecule has 0 atom stereocenters. The molecular formula is C27H29N3O6S. The maximum Gasteiger partial charge on any atom is 0.264 e. The number of carbonyl (C=O) groups is 1. The second-order valence-electron chi connectivity index (χ2n) is 7.55. The summed E-state index contributed by atoms with van der Waals surface area (Å²) in [6.07, 6.45) is 3.07. The van der Waals surface area contributed by atoms with E-state index in [4.69, 9.17) is 14.2 Å². The zero-order valence-corrected chi connectivity index (χ0v) is 21.5. The maximum absolute atomic E-state index is 13.4. The van der Waals surface area contributed by atoms with E-state index in [1.54, 1.807) is 66.7 Å². The van der Waals surface area contributed by atoms with Gasteiger partial charge in [-0.2, -0.15) is 5.10 Å². The Labute approximate surface area is 217 Å². The number of amides is 1. The van der Waals surface area contributed by atoms with Crippen LogP contribution in [0.2, 0.25) is 0 Å². The lowest BCUT2D eigenvalue weighted by atomic mass is 10.2. The number of carbonyl (C=O) groups excluding carboxylic acids is 1. The van der Waals surface area contributed by atoms with Crippen LogP contribution in [0.25, 0.3) is 0 Å². The fraction of sp³-hybridized carbons (Fsp3) is 0.185. The molecule has 0 saturated heterocycles. The number of benzene rings is 3. The fourth-order valence-corrected chi connectivity index (χ4v) is 4.69. The van der Waals surface area contributed by atoms with Crippen LogP contribution in [0, 0.1) is 0 Å². The molecule has 1 amide bonds. The lowest BCUT2D eigenvalue weighted by Crippen LogP contribution is -2.39. The van der Waals surface area contributed by atoms with Crippen molar-refractivity contribution < 1.29 is 27.4 Å². The Balaban J connectivity index is 1.76. The van der Waals surface area contributed by atoms with Gasteiger partial charge >= 0.3 is 0 Å². The van der Waals surface area contributed by atoms with Crippen LogP contribution in [0.4, 0.5) is 5.69 Å². The minimum atomic E-state index is -4.05. The average molecular weight is 524 g/mol. The van der Waals surface area contributed by atoms with Gasteiger partial charge in [-0.25, -0.2) is 13.8 Å². The van der Waals surface area contributed by atoms with Gasteiger partial charge in [0.1, 0.15) is 18.9 Å². The van der Waals surface area contributed by atoms with Crippen molar-refractivity contribution in [3.63, 3.8) is 0 Å². The Bertz CT molecular complexity index is 1330. The summed E-state index contributed by atoms with van der Waals surface area (Å²) in [5.41, 5.74) is 3.39. The van der Waals surface area contributed by atoms with Crippen molar-refractivity contribution in [2.45, 2.75) is 11.8 Å². The molecule has 0 aromatic heterocycles. The first kappa shape index (κ1) is 27.3. The van der Waals surface area contributed by atoms with Crippen molar-refractivity contribution in [2.24, 2.45) is 5.10 Å². The minimum Gasteiger partial charge on any atom is -0.497 e. The monoisotopic (exact) mass is 523 g/mol. The van der Waals surface area contributed by atoms with Crippen molar-refractivity contribution in [1.82, 2.24) is 5.43 Å². The molecule has 37 heavy (non-hydrogen) atoms. The molecule has 0 bridgehead atoms. The molecule has 0 radical (unpaired) electrons. The van der Waals surface area contributed by atoms with E-state index >= 15 is 0 Å². The standard InChI is InChI=1S/C27H29N3O6S/c1-4-17-36-25-16-11-21(18-26(25)35-5-2)19-28-29-27(31)20-30(22-9-7-6-8-10-22)37(32,33)24-14-12-23(34-3)13-15-24/h4,6-16,18-19H,1,5,17,20H2,2-3H3,(H,29,31)/b28-19-. The molecule has 0 spiro atoms. The lowest BCUT2D eigenvalue weighted by molar-refractivity contribution is -0.119. The summed E-state index contributed by atoms with van der Waals surface area (Å²) in [5, 5.41) is 3.98. The van der Waals surface area contributed by atoms with E-state index in [0.717, 1.165) is 4.31 Å². The molecule has 3 aromatic rings. The van der Waals surface area contributed by atoms with Gasteiger partial charge in [-0.15, -0.1) is 0 Å². The van der Waals surface area contributed by atoms with Crippen molar-refractivity contribution in [2.75, 3.05) is 31.2 Å². The highest BCUT2D eigenvalue weighted by Crippen LogP contribution is 2.28. The average Bonchev–Trinajstić information content (AvgIpc) is 2.92. The molecule has 0 heterocycles. The van der Waals surface area contributed by atoms with Crippen LogP contribution >= 0.6 is 0 Å². The van der Waals surface area contributed by atoms with E-state index in [-0.39, 0.29) is 4.90 Å². The number of methoxy groups -OCH3 is 1. The first-order chi connectivity index (χ1) is 17.9. The van der Waals surface area contributed by atoms with Gasteiger partial charge < -0.3 is 14.2 Å². The van der Waals surface area contributed by atoms with Gasteiger partial charge in [-0.3, -0.25) is 9.10 Å². The van der Waals surface area contributed by atoms with Gasteiger partial charge in [0.25, 0.3) is 15.9 Å². The van der Waals surface area contributed by atoms with E-state index in [9.17, 15) is 13.2 Å². The molecule has 0 saturated carbocycles. The number of sulfonamides is 1. The predicted molar refractivity (Wildman–Crippen MR) is 143 cm³/mol. The van der Waals surface area contributed by atoms with Gasteiger partial charge in [-0.05, 0) is 67.1 Å². The summed E-state index contributed by atoms with van der Waals surface area (Å²) in [5.74, 6) is 0.990. The summed E-state index contributed by atoms with van der Waals surface area (Å²) in [6, 6.07) is 19.5. The summed E-state index contributed by atoms with van der Waals surface area (Å²) < 4.78 is 44.1. The molecule has 194 valence electrons. The molecule has 0 fully saturated rings. The third-order valence-electron chi connectivity index (χ3n) is 5.01. The minimum absolute atomic E-state index is 0.0238. The number of nitrogens with zero attached hydrogens (tertiary/aromatic N) is 2. The normalized spacial score (nSPS) is 11.1. The van der Waals surface area contributed by atoms with Gasteiger partial charge in [0, 0.05) is 0 Å². The Kier molecular flexibility index (Phi) is 9.68. The topological polar surface area (TPSA) is 107 Å². The lowest BCUT2D eigenvalue weighted by Gasteiger charge is -2.23. The Hall–Kier alpha value is -4.31. The zero-order chi connectivity index (χ0) is 26.7. The molecule has 0 aliphatic heterocycles. The van der Waals surface area contributed by atoms with Crippen LogP contribution in [-0.4, -0.2) is 47.4 Å². The van der Waals surface area contributed by atoms with E-state index in [1.165, 1.54) is 25.5 Å². The van der Waals surface area contributed by atoms with Gasteiger partial charge in [-0.1, -0.05) is 30.9 Å². The van der Waals surface area contributed by atoms with Crippen LogP contribution in [0.15, 0.2) is 95.4 Å². The van der Waals surface area contributed by atoms with Gasteiger partial charge in [0.2, 0.25) is 0 Å². The third kappa shape index (κ3) is 7.34. The molecule has 9 nitrogen and oxygen atoms in total. The van der Waals surface area contributed by atoms with Crippen LogP contribution in [0.3, 0.4) is 0 Å². The molecule has 0 unspecified atom stereocenters. The summed E-state index contributed by atoms with van der Waals surface area (Å²) in [6.45, 7) is 5.79. The first-order valence-corrected chi connectivity index (χ1v) is 12.9. The summed E-state index contributed by atoms with van der Waals surface area (Å²) in [4.78, 5) is 12.8. The number of anilines is 1. The highest BCUT2D eigenvalue weighted by Gasteiger charge is 2.27. The van der Waals surface area contributed by atoms with E-state index in [2.05, 4.69) is 17.1 Å². The predicted octanol–water partition coefficient (Wildman–Crippen LogP) is 4.00. The van der Waals surface area contributed by atoms with Crippen LogP contribution < -0.4 is 23.9 Å². The van der Waals surface area contributed by atoms with Crippen molar-refractivity contribution in [1.29, 1.82) is 0 Å². The quantitative estimate of drug-likeness (QED) is 0.206. The highest BCUT2D eigenvalue weighted by atomic mass is 32.2. The molecule has 0 aliphatic carbocycles. The molecule has 3 aromatic carbocycles. The van der Waals surface area contributed by atoms with Crippen LogP contribution in [0.1, 0.15) is 12.5 Å². The van der Waals surface area contributed by atoms with E-state index < -0.39 is 22.5 Å². The van der Waals surface area contributed by atoms with Crippen LogP contribution in [0.5, 0.6) is 17.2 Å². The van der Waals surface area contributed by atoms with E-state index in [1.807, 2.05) is 6.92 Å². The Morgan fingerprint density at radius 1 is 1.03 bits per heavy atom. The highest BCUT2D eigenvalue weighted by molar-refractivity contribution is 7.92.